The van der Waals surface area contributed by atoms with Gasteiger partial charge in [0.25, 0.3) is 0 Å². The van der Waals surface area contributed by atoms with Crippen molar-refractivity contribution < 1.29 is 24.3 Å². The molecule has 0 aliphatic carbocycles. The Morgan fingerprint density at radius 2 is 1.31 bits per heavy atom. The van der Waals surface area contributed by atoms with Gasteiger partial charge in [0.15, 0.2) is 0 Å². The summed E-state index contributed by atoms with van der Waals surface area (Å²) in [5.74, 6) is -1.63. The number of unbranched alkanes of at least 4 members (excludes halogenated alkanes) is 4. The van der Waals surface area contributed by atoms with Gasteiger partial charge in [0.1, 0.15) is 6.04 Å². The molecule has 0 saturated heterocycles. The standard InChI is InChI=1S/C26H51N5O5/c1-6-7-8-14-21(28-5)25(35)31-22(26(36)30-20(3)18-23(32)33)15-10-12-17-29-24(34)19(2)13-9-11-16-27-4/h19-22,27-28H,6-18H2,1-5H3,(H,29,34)(H,30,36)(H,31,35)(H,32,33)/t19-,20-,21-,22-/m0/s1. The van der Waals surface area contributed by atoms with Crippen LogP contribution in [0.25, 0.3) is 0 Å². The maximum atomic E-state index is 12.8. The predicted octanol–water partition coefficient (Wildman–Crippen LogP) is 1.93. The second-order valence-corrected chi connectivity index (χ2v) is 9.69. The molecule has 0 unspecified atom stereocenters. The molecule has 10 heteroatoms. The Bertz CT molecular complexity index is 646. The summed E-state index contributed by atoms with van der Waals surface area (Å²) in [6.07, 6.45) is 8.07. The van der Waals surface area contributed by atoms with Crippen molar-refractivity contribution in [1.82, 2.24) is 26.6 Å². The average Bonchev–Trinajstić information content (AvgIpc) is 2.82. The van der Waals surface area contributed by atoms with Gasteiger partial charge in [-0.25, -0.2) is 0 Å². The van der Waals surface area contributed by atoms with E-state index in [0.717, 1.165) is 45.1 Å². The van der Waals surface area contributed by atoms with Crippen LogP contribution in [0.2, 0.25) is 0 Å². The van der Waals surface area contributed by atoms with Crippen LogP contribution in [0.1, 0.15) is 91.4 Å². The zero-order valence-corrected chi connectivity index (χ0v) is 23.1. The van der Waals surface area contributed by atoms with Gasteiger partial charge in [-0.05, 0) is 66.1 Å². The Morgan fingerprint density at radius 3 is 1.92 bits per heavy atom. The molecule has 0 aromatic carbocycles. The summed E-state index contributed by atoms with van der Waals surface area (Å²) in [6.45, 7) is 7.11. The van der Waals surface area contributed by atoms with Crippen LogP contribution < -0.4 is 26.6 Å². The molecule has 10 nitrogen and oxygen atoms in total. The van der Waals surface area contributed by atoms with E-state index in [2.05, 4.69) is 33.5 Å². The zero-order valence-electron chi connectivity index (χ0n) is 23.1. The third kappa shape index (κ3) is 16.5. The normalized spacial score (nSPS) is 14.4. The van der Waals surface area contributed by atoms with Crippen molar-refractivity contribution in [1.29, 1.82) is 0 Å². The molecule has 0 aliphatic rings. The third-order valence-electron chi connectivity index (χ3n) is 6.24. The fourth-order valence-electron chi connectivity index (χ4n) is 3.95. The smallest absolute Gasteiger partial charge is 0.305 e. The molecule has 0 aliphatic heterocycles. The topological polar surface area (TPSA) is 149 Å². The summed E-state index contributed by atoms with van der Waals surface area (Å²) in [5, 5.41) is 23.6. The zero-order chi connectivity index (χ0) is 27.3. The van der Waals surface area contributed by atoms with Crippen molar-refractivity contribution in [3.05, 3.63) is 0 Å². The highest BCUT2D eigenvalue weighted by atomic mass is 16.4. The van der Waals surface area contributed by atoms with Crippen molar-refractivity contribution in [2.45, 2.75) is 110 Å². The maximum Gasteiger partial charge on any atom is 0.305 e. The molecule has 0 rings (SSSR count). The van der Waals surface area contributed by atoms with E-state index >= 15 is 0 Å². The van der Waals surface area contributed by atoms with Crippen molar-refractivity contribution in [2.24, 2.45) is 5.92 Å². The van der Waals surface area contributed by atoms with E-state index in [4.69, 9.17) is 5.11 Å². The summed E-state index contributed by atoms with van der Waals surface area (Å²) in [5.41, 5.74) is 0. The van der Waals surface area contributed by atoms with Crippen LogP contribution in [0.4, 0.5) is 0 Å². The molecule has 0 radical (unpaired) electrons. The average molecular weight is 514 g/mol. The number of nitrogens with one attached hydrogen (secondary N) is 5. The lowest BCUT2D eigenvalue weighted by atomic mass is 10.0. The van der Waals surface area contributed by atoms with Gasteiger partial charge in [0, 0.05) is 18.5 Å². The van der Waals surface area contributed by atoms with Gasteiger partial charge in [-0.3, -0.25) is 19.2 Å². The van der Waals surface area contributed by atoms with Crippen molar-refractivity contribution >= 4 is 23.7 Å². The van der Waals surface area contributed by atoms with Crippen LogP contribution in [0, 0.1) is 5.92 Å². The van der Waals surface area contributed by atoms with Gasteiger partial charge in [-0.1, -0.05) is 39.5 Å². The van der Waals surface area contributed by atoms with Gasteiger partial charge in [-0.15, -0.1) is 0 Å². The first-order valence-electron chi connectivity index (χ1n) is 13.6. The highest BCUT2D eigenvalue weighted by Crippen LogP contribution is 2.09. The summed E-state index contributed by atoms with van der Waals surface area (Å²) in [7, 11) is 3.64. The molecule has 0 aromatic heterocycles. The van der Waals surface area contributed by atoms with E-state index < -0.39 is 24.1 Å². The number of carbonyl (C=O) groups is 4. The lowest BCUT2D eigenvalue weighted by Gasteiger charge is -2.24. The quantitative estimate of drug-likeness (QED) is 0.121. The number of rotatable bonds is 22. The highest BCUT2D eigenvalue weighted by molar-refractivity contribution is 5.90. The van der Waals surface area contributed by atoms with E-state index in [0.29, 0.717) is 32.2 Å². The Balaban J connectivity index is 4.77. The summed E-state index contributed by atoms with van der Waals surface area (Å²) < 4.78 is 0. The van der Waals surface area contributed by atoms with Gasteiger partial charge < -0.3 is 31.7 Å². The van der Waals surface area contributed by atoms with Gasteiger partial charge in [-0.2, -0.15) is 0 Å². The molecule has 3 amide bonds. The van der Waals surface area contributed by atoms with E-state index in [1.54, 1.807) is 14.0 Å². The Labute approximate surface area is 217 Å². The molecule has 4 atom stereocenters. The highest BCUT2D eigenvalue weighted by Gasteiger charge is 2.25. The predicted molar refractivity (Wildman–Crippen MR) is 143 cm³/mol. The molecule has 0 bridgehead atoms. The van der Waals surface area contributed by atoms with Gasteiger partial charge >= 0.3 is 5.97 Å². The number of carboxylic acid groups (broad SMARTS) is 1. The van der Waals surface area contributed by atoms with Crippen LogP contribution in [0.15, 0.2) is 0 Å². The molecule has 0 saturated carbocycles. The number of carbonyl (C=O) groups excluding carboxylic acids is 3. The lowest BCUT2D eigenvalue weighted by molar-refractivity contribution is -0.138. The molecular weight excluding hydrogens is 462 g/mol. The first-order valence-corrected chi connectivity index (χ1v) is 13.6. The van der Waals surface area contributed by atoms with Crippen LogP contribution in [-0.2, 0) is 19.2 Å². The molecule has 0 fully saturated rings. The summed E-state index contributed by atoms with van der Waals surface area (Å²) in [6, 6.07) is -1.71. The van der Waals surface area contributed by atoms with Crippen LogP contribution in [0.3, 0.4) is 0 Å². The third-order valence-corrected chi connectivity index (χ3v) is 6.24. The number of hydrogen-bond donors (Lipinski definition) is 6. The number of amides is 3. The van der Waals surface area contributed by atoms with E-state index in [1.165, 1.54) is 0 Å². The number of hydrogen-bond acceptors (Lipinski definition) is 6. The van der Waals surface area contributed by atoms with Crippen molar-refractivity contribution in [3.8, 4) is 0 Å². The molecule has 0 spiro atoms. The minimum Gasteiger partial charge on any atom is -0.481 e. The number of carboxylic acids is 1. The number of aliphatic carboxylic acids is 1. The molecule has 0 aromatic rings. The number of likely N-dealkylation sites (N-methyl/N-ethyl adjacent to an activating group) is 1. The SMILES string of the molecule is CCCCC[C@H](NC)C(=O)N[C@@H](CCCCNC(=O)[C@@H](C)CCCCNC)C(=O)N[C@@H](C)CC(=O)O. The molecule has 210 valence electrons. The van der Waals surface area contributed by atoms with Crippen LogP contribution >= 0.6 is 0 Å². The Kier molecular flexibility index (Phi) is 19.7. The molecule has 36 heavy (non-hydrogen) atoms. The monoisotopic (exact) mass is 513 g/mol. The largest absolute Gasteiger partial charge is 0.481 e. The van der Waals surface area contributed by atoms with E-state index in [1.807, 2.05) is 14.0 Å². The van der Waals surface area contributed by atoms with E-state index in [-0.39, 0.29) is 30.1 Å². The lowest BCUT2D eigenvalue weighted by Crippen LogP contribution is -2.53. The fourth-order valence-corrected chi connectivity index (χ4v) is 3.95. The molecule has 6 N–H and O–H groups in total. The van der Waals surface area contributed by atoms with E-state index in [9.17, 15) is 19.2 Å². The van der Waals surface area contributed by atoms with Crippen molar-refractivity contribution in [3.63, 3.8) is 0 Å². The molecular formula is C26H51N5O5. The van der Waals surface area contributed by atoms with Crippen LogP contribution in [0.5, 0.6) is 0 Å². The minimum atomic E-state index is -0.999. The summed E-state index contributed by atoms with van der Waals surface area (Å²) in [4.78, 5) is 48.9. The second kappa shape index (κ2) is 20.9. The second-order valence-electron chi connectivity index (χ2n) is 9.69. The van der Waals surface area contributed by atoms with Crippen molar-refractivity contribution in [2.75, 3.05) is 27.2 Å². The first kappa shape index (κ1) is 33.8. The fraction of sp³-hybridized carbons (Fsp3) is 0.846. The minimum absolute atomic E-state index is 0.0356. The summed E-state index contributed by atoms with van der Waals surface area (Å²) >= 11 is 0. The molecule has 0 heterocycles. The Morgan fingerprint density at radius 1 is 0.722 bits per heavy atom. The maximum absolute atomic E-state index is 12.8. The van der Waals surface area contributed by atoms with Gasteiger partial charge in [0.05, 0.1) is 12.5 Å². The first-order chi connectivity index (χ1) is 17.2. The van der Waals surface area contributed by atoms with Crippen LogP contribution in [-0.4, -0.2) is 74.1 Å². The van der Waals surface area contributed by atoms with Gasteiger partial charge in [0.2, 0.25) is 17.7 Å². The Hall–Kier alpha value is -2.20.